The number of hydrogen-bond donors (Lipinski definition) is 1. The van der Waals surface area contributed by atoms with Crippen molar-refractivity contribution in [3.05, 3.63) is 95.7 Å². The van der Waals surface area contributed by atoms with Crippen molar-refractivity contribution in [1.82, 2.24) is 15.1 Å². The maximum absolute atomic E-state index is 13.4. The van der Waals surface area contributed by atoms with Gasteiger partial charge in [0.2, 0.25) is 5.91 Å². The molecule has 1 saturated heterocycles. The second-order valence-electron chi connectivity index (χ2n) is 8.65. The van der Waals surface area contributed by atoms with Crippen LogP contribution < -0.4 is 10.2 Å². The van der Waals surface area contributed by atoms with E-state index in [-0.39, 0.29) is 18.1 Å². The monoisotopic (exact) mass is 473 g/mol. The molecule has 6 nitrogen and oxygen atoms in total. The van der Waals surface area contributed by atoms with E-state index in [1.165, 1.54) is 5.56 Å². The first-order valence-electron chi connectivity index (χ1n) is 11.6. The maximum Gasteiger partial charge on any atom is 0.238 e. The van der Waals surface area contributed by atoms with Gasteiger partial charge in [0.05, 0.1) is 12.2 Å². The Bertz CT molecular complexity index is 1320. The summed E-state index contributed by atoms with van der Waals surface area (Å²) in [6.45, 7) is 2.85. The first-order valence-corrected chi connectivity index (χ1v) is 11.6. The molecule has 0 unspecified atom stereocenters. The lowest BCUT2D eigenvalue weighted by Crippen LogP contribution is -2.49. The number of nitrogens with zero attached hydrogens (tertiary/aromatic N) is 4. The van der Waals surface area contributed by atoms with Crippen LogP contribution in [0.15, 0.2) is 72.8 Å². The second-order valence-corrected chi connectivity index (χ2v) is 8.65. The van der Waals surface area contributed by atoms with Crippen LogP contribution in [0.25, 0.3) is 10.8 Å². The highest BCUT2D eigenvalue weighted by Crippen LogP contribution is 2.28. The van der Waals surface area contributed by atoms with Crippen molar-refractivity contribution in [2.75, 3.05) is 42.9 Å². The number of fused-ring (bicyclic) bond motifs is 1. The molecule has 0 spiro atoms. The summed E-state index contributed by atoms with van der Waals surface area (Å²) in [6.07, 6.45) is 0.715. The van der Waals surface area contributed by atoms with Crippen molar-refractivity contribution >= 4 is 28.2 Å². The molecule has 3 aromatic carbocycles. The summed E-state index contributed by atoms with van der Waals surface area (Å²) >= 11 is 0. The lowest BCUT2D eigenvalue weighted by Gasteiger charge is -2.35. The van der Waals surface area contributed by atoms with Crippen LogP contribution >= 0.6 is 0 Å². The number of amides is 1. The molecular weight excluding hydrogens is 448 g/mol. The van der Waals surface area contributed by atoms with E-state index in [9.17, 15) is 13.6 Å². The zero-order valence-corrected chi connectivity index (χ0v) is 19.1. The van der Waals surface area contributed by atoms with Crippen LogP contribution in [-0.2, 0) is 11.2 Å². The van der Waals surface area contributed by atoms with Crippen molar-refractivity contribution in [1.29, 1.82) is 0 Å². The van der Waals surface area contributed by atoms with E-state index < -0.39 is 11.6 Å². The van der Waals surface area contributed by atoms with Crippen molar-refractivity contribution in [3.63, 3.8) is 0 Å². The Kier molecular flexibility index (Phi) is 6.63. The van der Waals surface area contributed by atoms with E-state index >= 15 is 0 Å². The highest BCUT2D eigenvalue weighted by molar-refractivity contribution is 5.94. The molecule has 35 heavy (non-hydrogen) atoms. The molecule has 0 bridgehead atoms. The molecule has 1 aromatic heterocycles. The number of benzene rings is 3. The number of halogens is 2. The Labute approximate surface area is 202 Å². The first kappa shape index (κ1) is 22.9. The molecule has 1 fully saturated rings. The Morgan fingerprint density at radius 2 is 1.49 bits per heavy atom. The summed E-state index contributed by atoms with van der Waals surface area (Å²) in [5.74, 6) is -0.912. The van der Waals surface area contributed by atoms with Crippen molar-refractivity contribution in [2.24, 2.45) is 0 Å². The Hall–Kier alpha value is -3.91. The van der Waals surface area contributed by atoms with E-state index in [4.69, 9.17) is 0 Å². The molecular formula is C27H25F2N5O. The number of hydrogen-bond acceptors (Lipinski definition) is 5. The lowest BCUT2D eigenvalue weighted by atomic mass is 10.0. The summed E-state index contributed by atoms with van der Waals surface area (Å²) in [7, 11) is 0. The van der Waals surface area contributed by atoms with Gasteiger partial charge in [0, 0.05) is 55.1 Å². The number of anilines is 2. The van der Waals surface area contributed by atoms with Gasteiger partial charge in [0.25, 0.3) is 0 Å². The summed E-state index contributed by atoms with van der Waals surface area (Å²) in [4.78, 5) is 16.6. The van der Waals surface area contributed by atoms with Crippen molar-refractivity contribution < 1.29 is 13.6 Å². The largest absolute Gasteiger partial charge is 0.352 e. The van der Waals surface area contributed by atoms with Crippen LogP contribution in [0.2, 0.25) is 0 Å². The fraction of sp³-hybridized carbons (Fsp3) is 0.222. The number of carbonyl (C=O) groups is 1. The fourth-order valence-electron chi connectivity index (χ4n) is 4.45. The van der Waals surface area contributed by atoms with Gasteiger partial charge < -0.3 is 10.2 Å². The average Bonchev–Trinajstić information content (AvgIpc) is 2.85. The number of piperazine rings is 1. The molecule has 178 valence electrons. The van der Waals surface area contributed by atoms with Gasteiger partial charge in [0.15, 0.2) is 5.82 Å². The zero-order chi connectivity index (χ0) is 24.2. The van der Waals surface area contributed by atoms with Gasteiger partial charge in [0.1, 0.15) is 11.6 Å². The average molecular weight is 474 g/mol. The molecule has 1 aliphatic heterocycles. The van der Waals surface area contributed by atoms with Crippen LogP contribution in [0.4, 0.5) is 20.3 Å². The third-order valence-corrected chi connectivity index (χ3v) is 6.14. The zero-order valence-electron chi connectivity index (χ0n) is 19.1. The predicted octanol–water partition coefficient (Wildman–Crippen LogP) is 4.26. The van der Waals surface area contributed by atoms with Gasteiger partial charge in [-0.2, -0.15) is 5.10 Å². The van der Waals surface area contributed by atoms with Crippen molar-refractivity contribution in [3.8, 4) is 0 Å². The SMILES string of the molecule is O=C(CN1CCN(c2nnc(Cc3ccccc3)c3ccccc23)CC1)Nc1cc(F)cc(F)c1. The second kappa shape index (κ2) is 10.1. The van der Waals surface area contributed by atoms with Gasteiger partial charge >= 0.3 is 0 Å². The summed E-state index contributed by atoms with van der Waals surface area (Å²) < 4.78 is 26.7. The topological polar surface area (TPSA) is 61.4 Å². The molecule has 0 atom stereocenters. The first-order chi connectivity index (χ1) is 17.0. The van der Waals surface area contributed by atoms with E-state index in [0.29, 0.717) is 32.6 Å². The number of aromatic nitrogens is 2. The van der Waals surface area contributed by atoms with E-state index in [0.717, 1.165) is 40.5 Å². The minimum atomic E-state index is -0.725. The standard InChI is InChI=1S/C27H25F2N5O/c28-20-15-21(29)17-22(16-20)30-26(35)18-33-10-12-34(13-11-33)27-24-9-5-4-8-23(24)25(31-32-27)14-19-6-2-1-3-7-19/h1-9,15-17H,10-14,18H2,(H,30,35). The molecule has 1 aliphatic rings. The fourth-order valence-corrected chi connectivity index (χ4v) is 4.45. The highest BCUT2D eigenvalue weighted by Gasteiger charge is 2.22. The molecule has 0 saturated carbocycles. The lowest BCUT2D eigenvalue weighted by molar-refractivity contribution is -0.117. The molecule has 5 rings (SSSR count). The normalized spacial score (nSPS) is 14.3. The van der Waals surface area contributed by atoms with Crippen LogP contribution in [0.3, 0.4) is 0 Å². The highest BCUT2D eigenvalue weighted by atomic mass is 19.1. The Balaban J connectivity index is 1.24. The number of carbonyl (C=O) groups excluding carboxylic acids is 1. The molecule has 1 amide bonds. The van der Waals surface area contributed by atoms with E-state index in [1.54, 1.807) is 0 Å². The van der Waals surface area contributed by atoms with E-state index in [2.05, 4.69) is 44.7 Å². The van der Waals surface area contributed by atoms with Crippen LogP contribution in [0.5, 0.6) is 0 Å². The van der Waals surface area contributed by atoms with E-state index in [1.807, 2.05) is 35.2 Å². The van der Waals surface area contributed by atoms with Crippen LogP contribution in [0, 0.1) is 11.6 Å². The Morgan fingerprint density at radius 3 is 2.20 bits per heavy atom. The number of rotatable bonds is 6. The summed E-state index contributed by atoms with van der Waals surface area (Å²) in [5, 5.41) is 13.9. The molecule has 8 heteroatoms. The van der Waals surface area contributed by atoms with Gasteiger partial charge in [-0.1, -0.05) is 54.6 Å². The van der Waals surface area contributed by atoms with Crippen molar-refractivity contribution in [2.45, 2.75) is 6.42 Å². The quantitative estimate of drug-likeness (QED) is 0.454. The predicted molar refractivity (Wildman–Crippen MR) is 132 cm³/mol. The smallest absolute Gasteiger partial charge is 0.238 e. The van der Waals surface area contributed by atoms with Gasteiger partial charge in [-0.15, -0.1) is 5.10 Å². The van der Waals surface area contributed by atoms with Crippen LogP contribution in [-0.4, -0.2) is 53.7 Å². The molecule has 1 N–H and O–H groups in total. The molecule has 4 aromatic rings. The third kappa shape index (κ3) is 5.44. The van der Waals surface area contributed by atoms with Gasteiger partial charge in [-0.3, -0.25) is 9.69 Å². The Morgan fingerprint density at radius 1 is 0.829 bits per heavy atom. The molecule has 0 radical (unpaired) electrons. The summed E-state index contributed by atoms with van der Waals surface area (Å²) in [5.41, 5.74) is 2.25. The van der Waals surface area contributed by atoms with Crippen LogP contribution in [0.1, 0.15) is 11.3 Å². The van der Waals surface area contributed by atoms with Gasteiger partial charge in [-0.25, -0.2) is 8.78 Å². The maximum atomic E-state index is 13.4. The minimum absolute atomic E-state index is 0.114. The summed E-state index contributed by atoms with van der Waals surface area (Å²) in [6, 6.07) is 21.4. The molecule has 2 heterocycles. The molecule has 0 aliphatic carbocycles. The number of nitrogens with one attached hydrogen (secondary N) is 1. The third-order valence-electron chi connectivity index (χ3n) is 6.14. The van der Waals surface area contributed by atoms with Gasteiger partial charge in [-0.05, 0) is 17.7 Å². The minimum Gasteiger partial charge on any atom is -0.352 e.